The lowest BCUT2D eigenvalue weighted by Crippen LogP contribution is -2.60. The van der Waals surface area contributed by atoms with Gasteiger partial charge in [0, 0.05) is 13.0 Å². The fourth-order valence-electron chi connectivity index (χ4n) is 7.13. The minimum absolute atomic E-state index is 0.00858. The van der Waals surface area contributed by atoms with Crippen molar-refractivity contribution >= 4 is 16.4 Å². The van der Waals surface area contributed by atoms with E-state index in [4.69, 9.17) is 18.9 Å². The highest BCUT2D eigenvalue weighted by atomic mass is 32.3. The van der Waals surface area contributed by atoms with Crippen LogP contribution in [0.2, 0.25) is 0 Å². The van der Waals surface area contributed by atoms with Crippen LogP contribution in [0.25, 0.3) is 0 Å². The molecule has 398 valence electrons. The smallest absolute Gasteiger partial charge is 0.397 e. The third-order valence-corrected chi connectivity index (χ3v) is 11.5. The molecule has 0 aromatic rings. The Morgan fingerprint density at radius 3 is 1.44 bits per heavy atom. The Hall–Kier alpha value is -3.50. The van der Waals surface area contributed by atoms with Gasteiger partial charge in [-0.1, -0.05) is 174 Å². The Kier molecular flexibility index (Phi) is 42.9. The molecule has 0 spiro atoms. The Morgan fingerprint density at radius 2 is 0.986 bits per heavy atom. The molecule has 0 aromatic carbocycles. The first-order valence-corrected chi connectivity index (χ1v) is 27.7. The molecule has 0 amide bonds. The Morgan fingerprint density at radius 1 is 0.557 bits per heavy atom. The van der Waals surface area contributed by atoms with Crippen molar-refractivity contribution in [3.05, 3.63) is 122 Å². The molecule has 6 unspecified atom stereocenters. The van der Waals surface area contributed by atoms with Gasteiger partial charge in [-0.2, -0.15) is 8.42 Å². The van der Waals surface area contributed by atoms with Gasteiger partial charge >= 0.3 is 16.4 Å². The largest absolute Gasteiger partial charge is 0.457 e. The minimum atomic E-state index is -5.08. The molecular weight excluding hydrogens is 909 g/mol. The standard InChI is InChI=1S/C57H92O12S/c1-3-5-7-9-11-13-15-17-19-21-23-24-25-26-27-29-31-33-35-37-39-41-43-45-47-65-49-51(50-66-57-55(61)56(69-70(62,63)64)54(60)52(48-58)68-57)67-53(59)46-44-42-40-38-36-34-32-30-28-22-20-18-16-14-12-10-8-6-4-2/h5,7,11-14,17-20,23-24,26-28,30-31,33,37,39,51-52,54-58,60-61H,3-4,6,8-10,15-16,21-22,25,29,32,34-36,38,40-50H2,1-2H3,(H,62,63,64)/b7-5-,13-11-,14-12-,19-17-,20-18-,24-23-,27-26-,30-28-,33-31-,39-37-. The quantitative estimate of drug-likeness (QED) is 0.0197. The van der Waals surface area contributed by atoms with Gasteiger partial charge < -0.3 is 34.3 Å². The topological polar surface area (TPSA) is 178 Å². The van der Waals surface area contributed by atoms with Gasteiger partial charge in [-0.3, -0.25) is 9.35 Å². The average Bonchev–Trinajstić information content (AvgIpc) is 3.34. The van der Waals surface area contributed by atoms with Crippen LogP contribution in [0.1, 0.15) is 168 Å². The van der Waals surface area contributed by atoms with E-state index in [0.29, 0.717) is 13.0 Å². The van der Waals surface area contributed by atoms with Gasteiger partial charge in [-0.05, 0) is 109 Å². The number of aliphatic hydroxyl groups excluding tert-OH is 3. The third kappa shape index (κ3) is 39.2. The van der Waals surface area contributed by atoms with E-state index in [2.05, 4.69) is 140 Å². The maximum absolute atomic E-state index is 12.9. The van der Waals surface area contributed by atoms with Crippen molar-refractivity contribution in [2.45, 2.75) is 205 Å². The highest BCUT2D eigenvalue weighted by Gasteiger charge is 2.48. The predicted octanol–water partition coefficient (Wildman–Crippen LogP) is 12.5. The molecule has 6 atom stereocenters. The number of unbranched alkanes of at least 4 members (excludes halogenated alkanes) is 11. The van der Waals surface area contributed by atoms with E-state index in [-0.39, 0.29) is 19.6 Å². The summed E-state index contributed by atoms with van der Waals surface area (Å²) in [5.74, 6) is -0.433. The van der Waals surface area contributed by atoms with Crippen LogP contribution in [0, 0.1) is 0 Å². The molecule has 70 heavy (non-hydrogen) atoms. The number of carbonyl (C=O) groups excluding carboxylic acids is 1. The van der Waals surface area contributed by atoms with Crippen molar-refractivity contribution in [1.29, 1.82) is 0 Å². The number of carbonyl (C=O) groups is 1. The van der Waals surface area contributed by atoms with Crippen LogP contribution in [0.15, 0.2) is 122 Å². The second kappa shape index (κ2) is 46.6. The maximum atomic E-state index is 12.9. The molecule has 1 aliphatic heterocycles. The van der Waals surface area contributed by atoms with Crippen LogP contribution in [0.5, 0.6) is 0 Å². The zero-order valence-corrected chi connectivity index (χ0v) is 43.6. The van der Waals surface area contributed by atoms with Crippen LogP contribution in [0.3, 0.4) is 0 Å². The summed E-state index contributed by atoms with van der Waals surface area (Å²) in [6.07, 6.45) is 58.0. The molecule has 13 heteroatoms. The van der Waals surface area contributed by atoms with Gasteiger partial charge in [0.2, 0.25) is 0 Å². The van der Waals surface area contributed by atoms with Crippen molar-refractivity contribution < 1.29 is 56.2 Å². The normalized spacial score (nSPS) is 20.1. The molecule has 0 radical (unpaired) electrons. The van der Waals surface area contributed by atoms with Crippen LogP contribution in [0.4, 0.5) is 0 Å². The molecule has 0 aliphatic carbocycles. The molecule has 1 fully saturated rings. The number of rotatable bonds is 44. The van der Waals surface area contributed by atoms with Gasteiger partial charge in [0.15, 0.2) is 6.29 Å². The van der Waals surface area contributed by atoms with E-state index in [1.165, 1.54) is 25.7 Å². The van der Waals surface area contributed by atoms with E-state index in [9.17, 15) is 33.1 Å². The van der Waals surface area contributed by atoms with Gasteiger partial charge in [0.05, 0.1) is 19.8 Å². The number of hydrogen-bond acceptors (Lipinski definition) is 11. The van der Waals surface area contributed by atoms with Crippen molar-refractivity contribution in [1.82, 2.24) is 0 Å². The Balaban J connectivity index is 2.42. The lowest BCUT2D eigenvalue weighted by molar-refractivity contribution is -0.301. The first-order chi connectivity index (χ1) is 34.1. The second-order valence-corrected chi connectivity index (χ2v) is 18.4. The summed E-state index contributed by atoms with van der Waals surface area (Å²) in [7, 11) is -5.08. The van der Waals surface area contributed by atoms with E-state index >= 15 is 0 Å². The summed E-state index contributed by atoms with van der Waals surface area (Å²) in [6.45, 7) is 3.70. The van der Waals surface area contributed by atoms with Gasteiger partial charge in [-0.25, -0.2) is 4.18 Å². The Bertz CT molecular complexity index is 1670. The number of esters is 1. The zero-order chi connectivity index (χ0) is 51.0. The minimum Gasteiger partial charge on any atom is -0.457 e. The van der Waals surface area contributed by atoms with Crippen LogP contribution in [-0.4, -0.2) is 97.5 Å². The highest BCUT2D eigenvalue weighted by molar-refractivity contribution is 7.80. The fraction of sp³-hybridized carbons (Fsp3) is 0.632. The lowest BCUT2D eigenvalue weighted by atomic mass is 9.99. The predicted molar refractivity (Wildman–Crippen MR) is 284 cm³/mol. The number of aliphatic hydroxyl groups is 3. The molecule has 1 saturated heterocycles. The van der Waals surface area contributed by atoms with E-state index in [1.807, 2.05) is 0 Å². The lowest BCUT2D eigenvalue weighted by Gasteiger charge is -2.41. The van der Waals surface area contributed by atoms with Crippen molar-refractivity contribution in [3.63, 3.8) is 0 Å². The van der Waals surface area contributed by atoms with Crippen LogP contribution >= 0.6 is 0 Å². The summed E-state index contributed by atoms with van der Waals surface area (Å²) >= 11 is 0. The number of allylic oxidation sites excluding steroid dienone is 20. The van der Waals surface area contributed by atoms with Crippen LogP contribution < -0.4 is 0 Å². The van der Waals surface area contributed by atoms with Gasteiger partial charge in [0.1, 0.15) is 30.5 Å². The Labute approximate surface area is 423 Å². The van der Waals surface area contributed by atoms with E-state index in [1.54, 1.807) is 0 Å². The molecule has 0 aromatic heterocycles. The van der Waals surface area contributed by atoms with Crippen molar-refractivity contribution in [3.8, 4) is 0 Å². The summed E-state index contributed by atoms with van der Waals surface area (Å²) in [5, 5.41) is 30.8. The van der Waals surface area contributed by atoms with Crippen LogP contribution in [-0.2, 0) is 38.3 Å². The van der Waals surface area contributed by atoms with Crippen molar-refractivity contribution in [2.75, 3.05) is 26.4 Å². The molecule has 12 nitrogen and oxygen atoms in total. The first kappa shape index (κ1) is 64.5. The first-order valence-electron chi connectivity index (χ1n) is 26.3. The molecule has 1 rings (SSSR count). The molecule has 0 bridgehead atoms. The molecule has 1 heterocycles. The zero-order valence-electron chi connectivity index (χ0n) is 42.8. The maximum Gasteiger partial charge on any atom is 0.397 e. The van der Waals surface area contributed by atoms with Gasteiger partial charge in [-0.15, -0.1) is 0 Å². The SMILES string of the molecule is CC/C=C\C/C=C\C/C=C\C/C=C\C/C=C\C/C=C\C/C=C\CCCCOCC(COC1OC(CO)C(O)C(OS(=O)(=O)O)C1O)OC(=O)CCCCCCCC/C=C\C/C=C\C/C=C\CCCCC. The molecular formula is C57H92O12S. The fourth-order valence-corrected chi connectivity index (χ4v) is 7.64. The molecule has 1 aliphatic rings. The second-order valence-electron chi connectivity index (χ2n) is 17.4. The summed E-state index contributed by atoms with van der Waals surface area (Å²) in [5.41, 5.74) is 0. The van der Waals surface area contributed by atoms with Crippen molar-refractivity contribution in [2.24, 2.45) is 0 Å². The monoisotopic (exact) mass is 1000 g/mol. The molecule has 4 N–H and O–H groups in total. The number of ether oxygens (including phenoxy) is 4. The third-order valence-electron chi connectivity index (χ3n) is 11.1. The average molecular weight is 1000 g/mol. The van der Waals surface area contributed by atoms with E-state index in [0.717, 1.165) is 116 Å². The number of hydrogen-bond donors (Lipinski definition) is 4. The summed E-state index contributed by atoms with van der Waals surface area (Å²) < 4.78 is 59.2. The summed E-state index contributed by atoms with van der Waals surface area (Å²) in [6, 6.07) is 0. The molecule has 0 saturated carbocycles. The summed E-state index contributed by atoms with van der Waals surface area (Å²) in [4.78, 5) is 12.9. The van der Waals surface area contributed by atoms with E-state index < -0.39 is 59.8 Å². The highest BCUT2D eigenvalue weighted by Crippen LogP contribution is 2.26. The van der Waals surface area contributed by atoms with Gasteiger partial charge in [0.25, 0.3) is 0 Å².